The smallest absolute Gasteiger partial charge is 0.208 e. The second-order valence-electron chi connectivity index (χ2n) is 5.66. The zero-order chi connectivity index (χ0) is 13.1. The Bertz CT molecular complexity index is 333. The van der Waals surface area contributed by atoms with Gasteiger partial charge < -0.3 is 0 Å². The molecule has 17 heavy (non-hydrogen) atoms. The Morgan fingerprint density at radius 1 is 1.29 bits per heavy atom. The van der Waals surface area contributed by atoms with Crippen molar-refractivity contribution in [2.24, 2.45) is 5.92 Å². The third-order valence-corrected chi connectivity index (χ3v) is 6.16. The van der Waals surface area contributed by atoms with E-state index >= 15 is 0 Å². The van der Waals surface area contributed by atoms with Gasteiger partial charge in [-0.3, -0.25) is 0 Å². The molecule has 0 saturated heterocycles. The SMILES string of the molecule is CC(C)(C[C@H]1CC[C@@H](NS(C)(=O)=O)CC1)SS. The van der Waals surface area contributed by atoms with Crippen LogP contribution in [-0.2, 0) is 10.0 Å². The molecule has 1 saturated carbocycles. The highest BCUT2D eigenvalue weighted by Crippen LogP contribution is 2.38. The Morgan fingerprint density at radius 3 is 2.24 bits per heavy atom. The maximum atomic E-state index is 11.1. The molecule has 0 aromatic carbocycles. The maximum absolute atomic E-state index is 11.1. The number of sulfonamides is 1. The summed E-state index contributed by atoms with van der Waals surface area (Å²) in [5, 5.41) is 0. The van der Waals surface area contributed by atoms with Gasteiger partial charge in [0.05, 0.1) is 6.26 Å². The van der Waals surface area contributed by atoms with Gasteiger partial charge in [-0.1, -0.05) is 10.8 Å². The van der Waals surface area contributed by atoms with Crippen LogP contribution in [0.2, 0.25) is 0 Å². The van der Waals surface area contributed by atoms with Crippen LogP contribution in [-0.4, -0.2) is 25.5 Å². The molecule has 0 bridgehead atoms. The number of rotatable bonds is 5. The summed E-state index contributed by atoms with van der Waals surface area (Å²) in [6.07, 6.45) is 6.55. The van der Waals surface area contributed by atoms with Crippen molar-refractivity contribution in [2.75, 3.05) is 6.26 Å². The Balaban J connectivity index is 2.36. The molecule has 6 heteroatoms. The average Bonchev–Trinajstić information content (AvgIpc) is 2.19. The first-order valence-electron chi connectivity index (χ1n) is 6.02. The van der Waals surface area contributed by atoms with Crippen LogP contribution in [0.25, 0.3) is 0 Å². The van der Waals surface area contributed by atoms with Crippen molar-refractivity contribution < 1.29 is 8.42 Å². The summed E-state index contributed by atoms with van der Waals surface area (Å²) in [5.74, 6) is 0.710. The lowest BCUT2D eigenvalue weighted by Crippen LogP contribution is -2.37. The molecule has 3 nitrogen and oxygen atoms in total. The van der Waals surface area contributed by atoms with Gasteiger partial charge in [-0.15, -0.1) is 11.7 Å². The Kier molecular flexibility index (Phi) is 5.69. The highest BCUT2D eigenvalue weighted by atomic mass is 33.1. The summed E-state index contributed by atoms with van der Waals surface area (Å²) < 4.78 is 25.2. The van der Waals surface area contributed by atoms with Gasteiger partial charge in [-0.05, 0) is 51.9 Å². The minimum atomic E-state index is -3.05. The van der Waals surface area contributed by atoms with E-state index in [0.29, 0.717) is 5.92 Å². The van der Waals surface area contributed by atoms with E-state index in [9.17, 15) is 8.42 Å². The quantitative estimate of drug-likeness (QED) is 0.606. The van der Waals surface area contributed by atoms with Crippen molar-refractivity contribution in [2.45, 2.75) is 56.7 Å². The van der Waals surface area contributed by atoms with Gasteiger partial charge in [0.25, 0.3) is 0 Å². The lowest BCUT2D eigenvalue weighted by molar-refractivity contribution is 0.284. The predicted molar refractivity (Wildman–Crippen MR) is 79.0 cm³/mol. The van der Waals surface area contributed by atoms with Gasteiger partial charge in [0.15, 0.2) is 0 Å². The monoisotopic (exact) mass is 297 g/mol. The van der Waals surface area contributed by atoms with Crippen LogP contribution in [0.5, 0.6) is 0 Å². The molecule has 0 radical (unpaired) electrons. The van der Waals surface area contributed by atoms with Crippen LogP contribution >= 0.6 is 22.5 Å². The van der Waals surface area contributed by atoms with E-state index in [1.54, 1.807) is 10.8 Å². The number of nitrogens with one attached hydrogen (secondary N) is 1. The van der Waals surface area contributed by atoms with Gasteiger partial charge in [0.1, 0.15) is 0 Å². The molecule has 102 valence electrons. The molecule has 0 heterocycles. The lowest BCUT2D eigenvalue weighted by Gasteiger charge is -2.33. The lowest BCUT2D eigenvalue weighted by atomic mass is 9.81. The number of hydrogen-bond acceptors (Lipinski definition) is 4. The first kappa shape index (κ1) is 15.7. The Labute approximate surface area is 114 Å². The van der Waals surface area contributed by atoms with Crippen LogP contribution < -0.4 is 4.72 Å². The molecule has 0 aromatic rings. The van der Waals surface area contributed by atoms with Gasteiger partial charge in [0, 0.05) is 10.8 Å². The topological polar surface area (TPSA) is 46.2 Å². The van der Waals surface area contributed by atoms with Crippen LogP contribution in [0.4, 0.5) is 0 Å². The summed E-state index contributed by atoms with van der Waals surface area (Å²) >= 11 is 4.30. The van der Waals surface area contributed by atoms with Gasteiger partial charge in [-0.25, -0.2) is 13.1 Å². The van der Waals surface area contributed by atoms with Crippen molar-refractivity contribution in [3.05, 3.63) is 0 Å². The van der Waals surface area contributed by atoms with E-state index in [-0.39, 0.29) is 10.8 Å². The average molecular weight is 298 g/mol. The van der Waals surface area contributed by atoms with Crippen molar-refractivity contribution in [3.8, 4) is 0 Å². The molecule has 1 fully saturated rings. The summed E-state index contributed by atoms with van der Waals surface area (Å²) in [7, 11) is -1.43. The van der Waals surface area contributed by atoms with Crippen LogP contribution in [0, 0.1) is 5.92 Å². The third kappa shape index (κ3) is 6.36. The van der Waals surface area contributed by atoms with Crippen molar-refractivity contribution in [1.29, 1.82) is 0 Å². The Morgan fingerprint density at radius 2 is 1.82 bits per heavy atom. The van der Waals surface area contributed by atoms with Crippen LogP contribution in [0.1, 0.15) is 46.0 Å². The highest BCUT2D eigenvalue weighted by Gasteiger charge is 2.28. The first-order valence-corrected chi connectivity index (χ1v) is 9.78. The molecule has 0 spiro atoms. The van der Waals surface area contributed by atoms with Crippen molar-refractivity contribution in [3.63, 3.8) is 0 Å². The number of hydrogen-bond donors (Lipinski definition) is 2. The molecule has 0 aliphatic heterocycles. The highest BCUT2D eigenvalue weighted by molar-refractivity contribution is 8.69. The number of thiol groups is 1. The zero-order valence-corrected chi connectivity index (χ0v) is 13.3. The summed E-state index contributed by atoms with van der Waals surface area (Å²) in [4.78, 5) is 0. The normalized spacial score (nSPS) is 27.1. The second-order valence-corrected chi connectivity index (χ2v) is 9.28. The second kappa shape index (κ2) is 6.17. The molecule has 1 aliphatic carbocycles. The largest absolute Gasteiger partial charge is 0.213 e. The minimum absolute atomic E-state index is 0.146. The van der Waals surface area contributed by atoms with E-state index < -0.39 is 10.0 Å². The van der Waals surface area contributed by atoms with Crippen LogP contribution in [0.15, 0.2) is 0 Å². The van der Waals surface area contributed by atoms with E-state index in [0.717, 1.165) is 32.1 Å². The molecular formula is C11H23NO2S3. The van der Waals surface area contributed by atoms with Gasteiger partial charge in [-0.2, -0.15) is 0 Å². The van der Waals surface area contributed by atoms with E-state index in [1.807, 2.05) is 0 Å². The molecule has 0 amide bonds. The summed E-state index contributed by atoms with van der Waals surface area (Å²) in [5.41, 5.74) is 0. The van der Waals surface area contributed by atoms with Crippen molar-refractivity contribution >= 4 is 32.5 Å². The van der Waals surface area contributed by atoms with E-state index in [4.69, 9.17) is 0 Å². The van der Waals surface area contributed by atoms with Gasteiger partial charge in [0.2, 0.25) is 10.0 Å². The zero-order valence-electron chi connectivity index (χ0n) is 10.8. The van der Waals surface area contributed by atoms with Crippen molar-refractivity contribution in [1.82, 2.24) is 4.72 Å². The fourth-order valence-corrected chi connectivity index (χ4v) is 3.89. The molecule has 0 unspecified atom stereocenters. The molecule has 1 N–H and O–H groups in total. The molecule has 0 atom stereocenters. The van der Waals surface area contributed by atoms with Crippen LogP contribution in [0.3, 0.4) is 0 Å². The molecular weight excluding hydrogens is 274 g/mol. The molecule has 1 aliphatic rings. The summed E-state index contributed by atoms with van der Waals surface area (Å²) in [6.45, 7) is 4.43. The van der Waals surface area contributed by atoms with E-state index in [1.165, 1.54) is 6.26 Å². The Hall–Kier alpha value is 0.610. The fourth-order valence-electron chi connectivity index (χ4n) is 2.52. The molecule has 0 aromatic heterocycles. The third-order valence-electron chi connectivity index (χ3n) is 3.25. The molecule has 1 rings (SSSR count). The van der Waals surface area contributed by atoms with Gasteiger partial charge >= 0.3 is 0 Å². The maximum Gasteiger partial charge on any atom is 0.208 e. The fraction of sp³-hybridized carbons (Fsp3) is 1.00. The minimum Gasteiger partial charge on any atom is -0.213 e. The predicted octanol–water partition coefficient (Wildman–Crippen LogP) is 2.84. The first-order chi connectivity index (χ1) is 7.72. The summed E-state index contributed by atoms with van der Waals surface area (Å²) in [6, 6.07) is 0.146. The standard InChI is InChI=1S/C11H23NO2S3/c1-11(2,16-15)8-9-4-6-10(7-5-9)12-17(3,13)14/h9-10,12,15H,4-8H2,1-3H3/t9-,10+. The van der Waals surface area contributed by atoms with E-state index in [2.05, 4.69) is 30.2 Å².